The zero-order valence-corrected chi connectivity index (χ0v) is 17.0. The SMILES string of the molecule is COc1ccc(Cl)cc1S(=O)(=O)Cc1cncc(C(=O)NCCN(C)C)c1. The highest BCUT2D eigenvalue weighted by Crippen LogP contribution is 2.29. The minimum atomic E-state index is -3.74. The van der Waals surface area contributed by atoms with Crippen LogP contribution >= 0.6 is 11.6 Å². The van der Waals surface area contributed by atoms with Gasteiger partial charge in [0.1, 0.15) is 10.6 Å². The second kappa shape index (κ2) is 9.16. The highest BCUT2D eigenvalue weighted by Gasteiger charge is 2.21. The van der Waals surface area contributed by atoms with Gasteiger partial charge in [-0.15, -0.1) is 0 Å². The molecule has 146 valence electrons. The second-order valence-corrected chi connectivity index (χ2v) is 8.59. The molecular formula is C18H22ClN3O4S. The van der Waals surface area contributed by atoms with E-state index in [1.807, 2.05) is 19.0 Å². The fourth-order valence-corrected chi connectivity index (χ4v) is 4.13. The number of likely N-dealkylation sites (N-methyl/N-ethyl adjacent to an activating group) is 1. The Morgan fingerprint density at radius 1 is 1.26 bits per heavy atom. The monoisotopic (exact) mass is 411 g/mol. The maximum atomic E-state index is 12.8. The molecule has 0 unspecified atom stereocenters. The summed E-state index contributed by atoms with van der Waals surface area (Å²) in [7, 11) is 1.47. The molecule has 9 heteroatoms. The van der Waals surface area contributed by atoms with Crippen LogP contribution in [0.1, 0.15) is 15.9 Å². The highest BCUT2D eigenvalue weighted by atomic mass is 35.5. The second-order valence-electron chi connectivity index (χ2n) is 6.20. The van der Waals surface area contributed by atoms with Crippen LogP contribution in [-0.4, -0.2) is 58.5 Å². The van der Waals surface area contributed by atoms with Crippen LogP contribution in [0.15, 0.2) is 41.6 Å². The Bertz CT molecular complexity index is 917. The number of hydrogen-bond donors (Lipinski definition) is 1. The van der Waals surface area contributed by atoms with Crippen molar-refractivity contribution in [2.45, 2.75) is 10.6 Å². The van der Waals surface area contributed by atoms with Crippen molar-refractivity contribution >= 4 is 27.3 Å². The number of nitrogens with one attached hydrogen (secondary N) is 1. The van der Waals surface area contributed by atoms with Crippen molar-refractivity contribution in [2.75, 3.05) is 34.3 Å². The molecule has 0 bridgehead atoms. The molecule has 7 nitrogen and oxygen atoms in total. The Morgan fingerprint density at radius 3 is 2.67 bits per heavy atom. The van der Waals surface area contributed by atoms with E-state index in [0.29, 0.717) is 29.2 Å². The number of hydrogen-bond acceptors (Lipinski definition) is 6. The van der Waals surface area contributed by atoms with Crippen LogP contribution in [0.3, 0.4) is 0 Å². The number of pyridine rings is 1. The number of sulfone groups is 1. The third-order valence-corrected chi connectivity index (χ3v) is 5.66. The molecule has 0 fully saturated rings. The number of rotatable bonds is 8. The highest BCUT2D eigenvalue weighted by molar-refractivity contribution is 7.90. The number of carbonyl (C=O) groups is 1. The summed E-state index contributed by atoms with van der Waals surface area (Å²) in [6.45, 7) is 1.18. The first-order valence-electron chi connectivity index (χ1n) is 8.16. The first kappa shape index (κ1) is 21.1. The molecule has 1 N–H and O–H groups in total. The van der Waals surface area contributed by atoms with Crippen molar-refractivity contribution in [3.8, 4) is 5.75 Å². The largest absolute Gasteiger partial charge is 0.495 e. The molecule has 2 rings (SSSR count). The van der Waals surface area contributed by atoms with Gasteiger partial charge in [-0.25, -0.2) is 8.42 Å². The summed E-state index contributed by atoms with van der Waals surface area (Å²) in [6.07, 6.45) is 2.83. The molecule has 2 aromatic rings. The van der Waals surface area contributed by atoms with Crippen molar-refractivity contribution in [3.63, 3.8) is 0 Å². The van der Waals surface area contributed by atoms with Crippen molar-refractivity contribution in [1.29, 1.82) is 0 Å². The number of nitrogens with zero attached hydrogens (tertiary/aromatic N) is 2. The van der Waals surface area contributed by atoms with Crippen molar-refractivity contribution in [2.24, 2.45) is 0 Å². The van der Waals surface area contributed by atoms with E-state index < -0.39 is 9.84 Å². The van der Waals surface area contributed by atoms with Crippen LogP contribution in [0.4, 0.5) is 0 Å². The van der Waals surface area contributed by atoms with Gasteiger partial charge in [-0.2, -0.15) is 0 Å². The lowest BCUT2D eigenvalue weighted by molar-refractivity contribution is 0.0950. The molecule has 1 heterocycles. The van der Waals surface area contributed by atoms with Gasteiger partial charge in [0.2, 0.25) is 0 Å². The van der Waals surface area contributed by atoms with Crippen molar-refractivity contribution < 1.29 is 17.9 Å². The average Bonchev–Trinajstić information content (AvgIpc) is 2.61. The summed E-state index contributed by atoms with van der Waals surface area (Å²) < 4.78 is 30.7. The Balaban J connectivity index is 2.20. The minimum absolute atomic E-state index is 0.00154. The summed E-state index contributed by atoms with van der Waals surface area (Å²) in [5.41, 5.74) is 0.705. The van der Waals surface area contributed by atoms with Crippen LogP contribution in [0, 0.1) is 0 Å². The third-order valence-electron chi connectivity index (χ3n) is 3.72. The number of carbonyl (C=O) groups excluding carboxylic acids is 1. The summed E-state index contributed by atoms with van der Waals surface area (Å²) >= 11 is 5.93. The van der Waals surface area contributed by atoms with Gasteiger partial charge in [-0.1, -0.05) is 11.6 Å². The van der Waals surface area contributed by atoms with Gasteiger partial charge in [-0.05, 0) is 43.9 Å². The maximum Gasteiger partial charge on any atom is 0.252 e. The number of amides is 1. The van der Waals surface area contributed by atoms with Gasteiger partial charge in [0.15, 0.2) is 9.84 Å². The summed E-state index contributed by atoms with van der Waals surface area (Å²) in [5, 5.41) is 3.06. The topological polar surface area (TPSA) is 88.6 Å². The van der Waals surface area contributed by atoms with E-state index in [4.69, 9.17) is 16.3 Å². The Morgan fingerprint density at radius 2 is 2.00 bits per heavy atom. The Labute approximate surface area is 164 Å². The molecule has 0 spiro atoms. The van der Waals surface area contributed by atoms with Crippen LogP contribution in [0.5, 0.6) is 5.75 Å². The van der Waals surface area contributed by atoms with E-state index in [1.54, 1.807) is 6.07 Å². The molecule has 1 aromatic heterocycles. The van der Waals surface area contributed by atoms with Crippen molar-refractivity contribution in [1.82, 2.24) is 15.2 Å². The van der Waals surface area contributed by atoms with E-state index >= 15 is 0 Å². The molecule has 0 saturated carbocycles. The molecule has 0 aliphatic rings. The van der Waals surface area contributed by atoms with Crippen LogP contribution in [0.2, 0.25) is 5.02 Å². The predicted molar refractivity (Wildman–Crippen MR) is 104 cm³/mol. The summed E-state index contributed by atoms with van der Waals surface area (Å²) in [4.78, 5) is 18.1. The lowest BCUT2D eigenvalue weighted by Crippen LogP contribution is -2.31. The van der Waals surface area contributed by atoms with E-state index in [2.05, 4.69) is 10.3 Å². The first-order chi connectivity index (χ1) is 12.7. The number of ether oxygens (including phenoxy) is 1. The predicted octanol–water partition coefficient (Wildman–Crippen LogP) is 2.01. The van der Waals surface area contributed by atoms with Crippen LogP contribution in [-0.2, 0) is 15.6 Å². The molecule has 0 atom stereocenters. The van der Waals surface area contributed by atoms with Gasteiger partial charge >= 0.3 is 0 Å². The van der Waals surface area contributed by atoms with E-state index in [-0.39, 0.29) is 22.3 Å². The average molecular weight is 412 g/mol. The molecule has 1 amide bonds. The molecule has 0 aliphatic carbocycles. The Kier molecular flexibility index (Phi) is 7.18. The number of halogens is 1. The fraction of sp³-hybridized carbons (Fsp3) is 0.333. The Hall–Kier alpha value is -2.16. The van der Waals surface area contributed by atoms with Gasteiger partial charge in [0, 0.05) is 30.5 Å². The summed E-state index contributed by atoms with van der Waals surface area (Å²) in [5.74, 6) is -0.413. The van der Waals surface area contributed by atoms with E-state index in [1.165, 1.54) is 37.7 Å². The van der Waals surface area contributed by atoms with E-state index in [0.717, 1.165) is 0 Å². The molecule has 0 aliphatic heterocycles. The number of benzene rings is 1. The summed E-state index contributed by atoms with van der Waals surface area (Å²) in [6, 6.07) is 5.93. The van der Waals surface area contributed by atoms with Crippen LogP contribution < -0.4 is 10.1 Å². The van der Waals surface area contributed by atoms with Gasteiger partial charge in [-0.3, -0.25) is 9.78 Å². The van der Waals surface area contributed by atoms with Gasteiger partial charge in [0.05, 0.1) is 18.4 Å². The lowest BCUT2D eigenvalue weighted by Gasteiger charge is -2.12. The zero-order chi connectivity index (χ0) is 20.0. The number of aromatic nitrogens is 1. The quantitative estimate of drug-likeness (QED) is 0.714. The molecule has 0 radical (unpaired) electrons. The fourth-order valence-electron chi connectivity index (χ4n) is 2.38. The van der Waals surface area contributed by atoms with E-state index in [9.17, 15) is 13.2 Å². The number of methoxy groups -OCH3 is 1. The van der Waals surface area contributed by atoms with Crippen LogP contribution in [0.25, 0.3) is 0 Å². The van der Waals surface area contributed by atoms with Gasteiger partial charge in [0.25, 0.3) is 5.91 Å². The molecule has 1 aromatic carbocycles. The standard InChI is InChI=1S/C18H22ClN3O4S/c1-22(2)7-6-21-18(23)14-8-13(10-20-11-14)12-27(24,25)17-9-15(19)4-5-16(17)26-3/h4-5,8-11H,6-7,12H2,1-3H3,(H,21,23). The molecular weight excluding hydrogens is 390 g/mol. The lowest BCUT2D eigenvalue weighted by atomic mass is 10.2. The third kappa shape index (κ3) is 5.92. The van der Waals surface area contributed by atoms with Crippen molar-refractivity contribution in [3.05, 3.63) is 52.8 Å². The smallest absolute Gasteiger partial charge is 0.252 e. The normalized spacial score (nSPS) is 11.4. The molecule has 27 heavy (non-hydrogen) atoms. The minimum Gasteiger partial charge on any atom is -0.495 e. The maximum absolute atomic E-state index is 12.8. The van der Waals surface area contributed by atoms with Gasteiger partial charge < -0.3 is 15.0 Å². The molecule has 0 saturated heterocycles. The first-order valence-corrected chi connectivity index (χ1v) is 10.2. The zero-order valence-electron chi connectivity index (χ0n) is 15.4.